The number of halogens is 1. The number of rotatable bonds is 5. The second-order valence-electron chi connectivity index (χ2n) is 15.9. The maximum atomic E-state index is 14.8. The van der Waals surface area contributed by atoms with Crippen molar-refractivity contribution in [1.29, 1.82) is 0 Å². The topological polar surface area (TPSA) is 43.9 Å². The normalized spacial score (nSPS) is 11.7. The van der Waals surface area contributed by atoms with E-state index in [-0.39, 0.29) is 31.3 Å². The molecule has 6 aromatic carbocycles. The summed E-state index contributed by atoms with van der Waals surface area (Å²) in [5.74, 6) is 0.352. The van der Waals surface area contributed by atoms with Gasteiger partial charge in [-0.2, -0.15) is 0 Å². The Kier molecular flexibility index (Phi) is 10.8. The Morgan fingerprint density at radius 2 is 1.50 bits per heavy atom. The first kappa shape index (κ1) is 38.8. The van der Waals surface area contributed by atoms with Crippen LogP contribution in [0.15, 0.2) is 150 Å². The third-order valence-corrected chi connectivity index (χ3v) is 12.0. The summed E-state index contributed by atoms with van der Waals surface area (Å²) in [6.45, 7) is 13.6. The molecule has 0 amide bonds. The van der Waals surface area contributed by atoms with Crippen molar-refractivity contribution in [2.45, 2.75) is 45.8 Å². The molecule has 0 bridgehead atoms. The van der Waals surface area contributed by atoms with Crippen molar-refractivity contribution in [1.82, 2.24) is 14.5 Å². The number of hydrogen-bond acceptors (Lipinski definition) is 3. The Balaban J connectivity index is 0.000000238. The molecule has 0 fully saturated rings. The standard InChI is InChI=1S/C35H26FN2O.C14H16NSi.Ir/c1-35(2,3)28-17-10-14-24(22-11-5-4-6-12-22)32(28)38-30-21-23(36)19-20-29(30)37-34(38)27-16-9-15-26-25-13-7-8-18-31(25)39-33(26)27;1-16(2,3)13-9-10-14(15-11-13)12-7-5-4-6-8-12;/h4-15,17-21H,1-3H3;4-7,9-11H,1-3H3;/q2*-1;. The fourth-order valence-corrected chi connectivity index (χ4v) is 8.12. The molecule has 0 aliphatic rings. The predicted molar refractivity (Wildman–Crippen MR) is 228 cm³/mol. The van der Waals surface area contributed by atoms with Gasteiger partial charge in [-0.15, -0.1) is 54.1 Å². The van der Waals surface area contributed by atoms with Crippen LogP contribution >= 0.6 is 0 Å². The van der Waals surface area contributed by atoms with Crippen LogP contribution in [0.5, 0.6) is 0 Å². The van der Waals surface area contributed by atoms with Crippen molar-refractivity contribution in [3.05, 3.63) is 169 Å². The van der Waals surface area contributed by atoms with Crippen molar-refractivity contribution in [2.75, 3.05) is 0 Å². The number of para-hydroxylation sites is 2. The minimum Gasteiger partial charge on any atom is -0.501 e. The van der Waals surface area contributed by atoms with E-state index in [4.69, 9.17) is 9.40 Å². The fourth-order valence-electron chi connectivity index (χ4n) is 7.09. The summed E-state index contributed by atoms with van der Waals surface area (Å²) in [7, 11) is -1.23. The molecule has 0 unspecified atom stereocenters. The number of pyridine rings is 1. The van der Waals surface area contributed by atoms with Crippen molar-refractivity contribution in [2.24, 2.45) is 0 Å². The molecule has 0 spiro atoms. The smallest absolute Gasteiger partial charge is 0.125 e. The fraction of sp³-hybridized carbons (Fsp3) is 0.143. The van der Waals surface area contributed by atoms with Gasteiger partial charge in [-0.1, -0.05) is 130 Å². The summed E-state index contributed by atoms with van der Waals surface area (Å²) in [4.78, 5) is 9.60. The molecule has 0 saturated heterocycles. The van der Waals surface area contributed by atoms with Crippen molar-refractivity contribution >= 4 is 46.2 Å². The van der Waals surface area contributed by atoms with Crippen LogP contribution in [0.1, 0.15) is 26.3 Å². The number of furan rings is 1. The van der Waals surface area contributed by atoms with Crippen LogP contribution in [0.3, 0.4) is 0 Å². The zero-order chi connectivity index (χ0) is 38.3. The molecule has 3 aromatic heterocycles. The molecule has 4 nitrogen and oxygen atoms in total. The summed E-state index contributed by atoms with van der Waals surface area (Å²) in [5, 5.41) is 3.43. The minimum atomic E-state index is -1.23. The molecule has 1 radical (unpaired) electrons. The van der Waals surface area contributed by atoms with E-state index in [2.05, 4.69) is 111 Å². The number of hydrogen-bond donors (Lipinski definition) is 0. The van der Waals surface area contributed by atoms with Crippen LogP contribution in [0.4, 0.5) is 4.39 Å². The molecule has 56 heavy (non-hydrogen) atoms. The number of imidazole rings is 1. The number of fused-ring (bicyclic) bond motifs is 4. The Morgan fingerprint density at radius 1 is 0.732 bits per heavy atom. The first-order valence-corrected chi connectivity index (χ1v) is 22.1. The molecule has 9 rings (SSSR count). The van der Waals surface area contributed by atoms with Gasteiger partial charge in [0.1, 0.15) is 11.4 Å². The third-order valence-electron chi connectivity index (χ3n) is 9.95. The molecule has 3 heterocycles. The Labute approximate surface area is 342 Å². The van der Waals surface area contributed by atoms with E-state index in [1.807, 2.05) is 79.0 Å². The predicted octanol–water partition coefficient (Wildman–Crippen LogP) is 12.6. The van der Waals surface area contributed by atoms with Gasteiger partial charge in [0.05, 0.1) is 36.2 Å². The average Bonchev–Trinajstić information content (AvgIpc) is 3.76. The molecule has 9 aromatic rings. The zero-order valence-corrected chi connectivity index (χ0v) is 35.7. The van der Waals surface area contributed by atoms with Crippen molar-refractivity contribution in [3.8, 4) is 39.5 Å². The van der Waals surface area contributed by atoms with Gasteiger partial charge in [0, 0.05) is 37.3 Å². The molecule has 0 aliphatic carbocycles. The quantitative estimate of drug-likeness (QED) is 0.128. The van der Waals surface area contributed by atoms with Gasteiger partial charge in [0.25, 0.3) is 0 Å². The summed E-state index contributed by atoms with van der Waals surface area (Å²) < 4.78 is 23.3. The van der Waals surface area contributed by atoms with Gasteiger partial charge in [0.2, 0.25) is 0 Å². The summed E-state index contributed by atoms with van der Waals surface area (Å²) in [6.07, 6.45) is 2.02. The summed E-state index contributed by atoms with van der Waals surface area (Å²) in [5.41, 5.74) is 9.75. The summed E-state index contributed by atoms with van der Waals surface area (Å²) >= 11 is 0. The molecular formula is C49H42FIrN3OSi-2. The van der Waals surface area contributed by atoms with E-state index in [0.717, 1.165) is 55.6 Å². The van der Waals surface area contributed by atoms with Crippen molar-refractivity contribution < 1.29 is 28.9 Å². The first-order valence-electron chi connectivity index (χ1n) is 18.6. The van der Waals surface area contributed by atoms with Crippen molar-refractivity contribution in [3.63, 3.8) is 0 Å². The van der Waals surface area contributed by atoms with Crippen LogP contribution in [-0.4, -0.2) is 22.6 Å². The number of benzene rings is 6. The van der Waals surface area contributed by atoms with Crippen LogP contribution in [0.25, 0.3) is 72.4 Å². The third kappa shape index (κ3) is 7.55. The average molecular weight is 928 g/mol. The molecule has 0 saturated carbocycles. The molecule has 7 heteroatoms. The SMILES string of the molecule is CC(C)(C)c1cccc(-c2ccccc2)c1-n1c(-c2[c-]ccc3c2oc2ccccc23)nc2ccc(F)cc21.C[Si](C)(C)c1ccc(-c2[c-]cccc2)nc1.[Ir]. The van der Waals surface area contributed by atoms with Crippen LogP contribution in [0, 0.1) is 17.9 Å². The maximum absolute atomic E-state index is 14.8. The monoisotopic (exact) mass is 928 g/mol. The number of nitrogens with zero attached hydrogens (tertiary/aromatic N) is 3. The molecule has 0 aliphatic heterocycles. The second kappa shape index (κ2) is 15.6. The molecule has 0 N–H and O–H groups in total. The van der Waals surface area contributed by atoms with Gasteiger partial charge in [-0.25, -0.2) is 4.39 Å². The Hall–Kier alpha value is -5.46. The van der Waals surface area contributed by atoms with Crippen LogP contribution in [-0.2, 0) is 25.5 Å². The largest absolute Gasteiger partial charge is 0.501 e. The Morgan fingerprint density at radius 3 is 2.21 bits per heavy atom. The van der Waals surface area contributed by atoms with E-state index in [1.54, 1.807) is 12.1 Å². The Bertz CT molecular complexity index is 2780. The number of aromatic nitrogens is 3. The van der Waals surface area contributed by atoms with Gasteiger partial charge in [0.15, 0.2) is 0 Å². The van der Waals surface area contributed by atoms with E-state index in [1.165, 1.54) is 11.3 Å². The van der Waals surface area contributed by atoms with E-state index < -0.39 is 8.07 Å². The summed E-state index contributed by atoms with van der Waals surface area (Å²) in [6, 6.07) is 52.3. The zero-order valence-electron chi connectivity index (χ0n) is 32.3. The molecule has 0 atom stereocenters. The molecular weight excluding hydrogens is 886 g/mol. The van der Waals surface area contributed by atoms with Gasteiger partial charge in [-0.3, -0.25) is 4.98 Å². The van der Waals surface area contributed by atoms with Gasteiger partial charge in [-0.05, 0) is 51.7 Å². The van der Waals surface area contributed by atoms with E-state index >= 15 is 0 Å². The van der Waals surface area contributed by atoms with Crippen LogP contribution < -0.4 is 5.19 Å². The minimum absolute atomic E-state index is 0. The van der Waals surface area contributed by atoms with E-state index in [0.29, 0.717) is 22.4 Å². The maximum Gasteiger partial charge on any atom is 0.125 e. The first-order chi connectivity index (χ1) is 26.5. The van der Waals surface area contributed by atoms with Gasteiger partial charge >= 0.3 is 0 Å². The molecule has 281 valence electrons. The second-order valence-corrected chi connectivity index (χ2v) is 21.0. The van der Waals surface area contributed by atoms with Gasteiger partial charge < -0.3 is 14.0 Å². The van der Waals surface area contributed by atoms with Crippen LogP contribution in [0.2, 0.25) is 19.6 Å². The van der Waals surface area contributed by atoms with E-state index in [9.17, 15) is 4.39 Å².